The molecule has 0 aliphatic carbocycles. The zero-order valence-corrected chi connectivity index (χ0v) is 14.3. The quantitative estimate of drug-likeness (QED) is 0.617. The van der Waals surface area contributed by atoms with Crippen LogP contribution in [0, 0.1) is 0 Å². The maximum absolute atomic E-state index is 12.0. The normalized spacial score (nSPS) is 11.8. The molecule has 0 spiro atoms. The van der Waals surface area contributed by atoms with Gasteiger partial charge in [0.15, 0.2) is 6.10 Å². The fraction of sp³-hybridized carbons (Fsp3) is 0.200. The maximum Gasteiger partial charge on any atom is 0.331 e. The zero-order valence-electron chi connectivity index (χ0n) is 14.3. The standard InChI is InChI=1S/C20H21NO4/c1-3-7-19(22)25-15(2)20(23)21-17-10-12-18(13-11-17)24-14-16-8-5-4-6-9-16/h3-13,15H,14H2,1-2H3,(H,21,23)/b7-3+. The van der Waals surface area contributed by atoms with Crippen molar-refractivity contribution in [2.24, 2.45) is 0 Å². The Morgan fingerprint density at radius 1 is 1.08 bits per heavy atom. The molecule has 1 atom stereocenters. The largest absolute Gasteiger partial charge is 0.489 e. The van der Waals surface area contributed by atoms with Crippen molar-refractivity contribution in [2.75, 3.05) is 5.32 Å². The molecule has 5 nitrogen and oxygen atoms in total. The third-order valence-corrected chi connectivity index (χ3v) is 3.34. The summed E-state index contributed by atoms with van der Waals surface area (Å²) in [5, 5.41) is 2.69. The van der Waals surface area contributed by atoms with Crippen LogP contribution in [-0.4, -0.2) is 18.0 Å². The van der Waals surface area contributed by atoms with Gasteiger partial charge in [0.1, 0.15) is 12.4 Å². The number of anilines is 1. The Labute approximate surface area is 147 Å². The average molecular weight is 339 g/mol. The molecule has 130 valence electrons. The summed E-state index contributed by atoms with van der Waals surface area (Å²) < 4.78 is 10.7. The van der Waals surface area contributed by atoms with Crippen LogP contribution in [0.1, 0.15) is 19.4 Å². The minimum atomic E-state index is -0.877. The van der Waals surface area contributed by atoms with Gasteiger partial charge in [0, 0.05) is 11.8 Å². The van der Waals surface area contributed by atoms with Crippen LogP contribution in [0.3, 0.4) is 0 Å². The molecule has 1 unspecified atom stereocenters. The van der Waals surface area contributed by atoms with E-state index in [1.54, 1.807) is 37.3 Å². The van der Waals surface area contributed by atoms with Crippen molar-refractivity contribution in [3.8, 4) is 5.75 Å². The monoisotopic (exact) mass is 339 g/mol. The van der Waals surface area contributed by atoms with Crippen LogP contribution in [0.4, 0.5) is 5.69 Å². The molecule has 2 rings (SSSR count). The molecule has 0 bridgehead atoms. The van der Waals surface area contributed by atoms with Gasteiger partial charge in [-0.2, -0.15) is 0 Å². The Bertz CT molecular complexity index is 723. The van der Waals surface area contributed by atoms with Gasteiger partial charge in [0.2, 0.25) is 0 Å². The molecule has 2 aromatic rings. The number of hydrogen-bond acceptors (Lipinski definition) is 4. The molecule has 0 saturated carbocycles. The lowest BCUT2D eigenvalue weighted by atomic mass is 10.2. The van der Waals surface area contributed by atoms with Gasteiger partial charge in [-0.1, -0.05) is 36.4 Å². The van der Waals surface area contributed by atoms with Crippen molar-refractivity contribution in [3.05, 3.63) is 72.3 Å². The molecule has 1 N–H and O–H groups in total. The first-order valence-electron chi connectivity index (χ1n) is 7.99. The number of carbonyl (C=O) groups is 2. The first-order valence-corrected chi connectivity index (χ1v) is 7.99. The molecule has 5 heteroatoms. The van der Waals surface area contributed by atoms with E-state index in [9.17, 15) is 9.59 Å². The predicted molar refractivity (Wildman–Crippen MR) is 96.2 cm³/mol. The van der Waals surface area contributed by atoms with Gasteiger partial charge < -0.3 is 14.8 Å². The highest BCUT2D eigenvalue weighted by atomic mass is 16.5. The van der Waals surface area contributed by atoms with Crippen LogP contribution in [0.15, 0.2) is 66.7 Å². The number of nitrogens with one attached hydrogen (secondary N) is 1. The van der Waals surface area contributed by atoms with E-state index in [0.29, 0.717) is 18.0 Å². The Balaban J connectivity index is 1.85. The summed E-state index contributed by atoms with van der Waals surface area (Å²) in [5.41, 5.74) is 1.68. The van der Waals surface area contributed by atoms with E-state index in [1.807, 2.05) is 30.3 Å². The first-order chi connectivity index (χ1) is 12.1. The molecule has 2 aromatic carbocycles. The third kappa shape index (κ3) is 6.14. The summed E-state index contributed by atoms with van der Waals surface area (Å²) >= 11 is 0. The highest BCUT2D eigenvalue weighted by Gasteiger charge is 2.16. The molecule has 25 heavy (non-hydrogen) atoms. The Hall–Kier alpha value is -3.08. The van der Waals surface area contributed by atoms with E-state index in [4.69, 9.17) is 9.47 Å². The summed E-state index contributed by atoms with van der Waals surface area (Å²) in [6, 6.07) is 16.9. The van der Waals surface area contributed by atoms with Crippen LogP contribution in [0.2, 0.25) is 0 Å². The van der Waals surface area contributed by atoms with Crippen molar-refractivity contribution in [3.63, 3.8) is 0 Å². The second kappa shape index (κ2) is 9.27. The summed E-state index contributed by atoms with van der Waals surface area (Å²) in [6.07, 6.45) is 1.95. The minimum Gasteiger partial charge on any atom is -0.489 e. The van der Waals surface area contributed by atoms with Gasteiger partial charge in [0.25, 0.3) is 5.91 Å². The SMILES string of the molecule is C/C=C/C(=O)OC(C)C(=O)Nc1ccc(OCc2ccccc2)cc1. The van der Waals surface area contributed by atoms with Crippen LogP contribution in [-0.2, 0) is 20.9 Å². The fourth-order valence-corrected chi connectivity index (χ4v) is 2.02. The second-order valence-electron chi connectivity index (χ2n) is 5.37. The number of ether oxygens (including phenoxy) is 2. The first kappa shape index (κ1) is 18.3. The van der Waals surface area contributed by atoms with Gasteiger partial charge in [0.05, 0.1) is 0 Å². The fourth-order valence-electron chi connectivity index (χ4n) is 2.02. The van der Waals surface area contributed by atoms with Gasteiger partial charge in [-0.05, 0) is 43.7 Å². The molecule has 0 heterocycles. The Morgan fingerprint density at radius 3 is 2.40 bits per heavy atom. The lowest BCUT2D eigenvalue weighted by Gasteiger charge is -2.13. The van der Waals surface area contributed by atoms with Crippen LogP contribution in [0.25, 0.3) is 0 Å². The van der Waals surface area contributed by atoms with E-state index in [2.05, 4.69) is 5.32 Å². The van der Waals surface area contributed by atoms with Crippen LogP contribution < -0.4 is 10.1 Å². The molecule has 0 radical (unpaired) electrons. The van der Waals surface area contributed by atoms with Gasteiger partial charge in [-0.3, -0.25) is 4.79 Å². The van der Waals surface area contributed by atoms with Crippen molar-refractivity contribution < 1.29 is 19.1 Å². The second-order valence-corrected chi connectivity index (χ2v) is 5.37. The number of rotatable bonds is 7. The van der Waals surface area contributed by atoms with Gasteiger partial charge >= 0.3 is 5.97 Å². The third-order valence-electron chi connectivity index (χ3n) is 3.34. The van der Waals surface area contributed by atoms with Crippen molar-refractivity contribution in [1.29, 1.82) is 0 Å². The topological polar surface area (TPSA) is 64.6 Å². The molecular weight excluding hydrogens is 318 g/mol. The Kier molecular flexibility index (Phi) is 6.77. The van der Waals surface area contributed by atoms with E-state index in [0.717, 1.165) is 5.56 Å². The molecule has 0 aliphatic rings. The molecule has 0 fully saturated rings. The summed E-state index contributed by atoms with van der Waals surface area (Å²) in [5.74, 6) is -0.236. The maximum atomic E-state index is 12.0. The number of carbonyl (C=O) groups excluding carboxylic acids is 2. The molecule has 0 saturated heterocycles. The van der Waals surface area contributed by atoms with Crippen LogP contribution in [0.5, 0.6) is 5.75 Å². The van der Waals surface area contributed by atoms with Crippen molar-refractivity contribution >= 4 is 17.6 Å². The summed E-state index contributed by atoms with van der Waals surface area (Å²) in [7, 11) is 0. The smallest absolute Gasteiger partial charge is 0.331 e. The number of esters is 1. The zero-order chi connectivity index (χ0) is 18.1. The van der Waals surface area contributed by atoms with Crippen molar-refractivity contribution in [2.45, 2.75) is 26.6 Å². The summed E-state index contributed by atoms with van der Waals surface area (Å²) in [6.45, 7) is 3.70. The molecular formula is C20H21NO4. The van der Waals surface area contributed by atoms with Crippen LogP contribution >= 0.6 is 0 Å². The minimum absolute atomic E-state index is 0.393. The molecule has 1 amide bonds. The number of hydrogen-bond donors (Lipinski definition) is 1. The van der Waals surface area contributed by atoms with E-state index in [1.165, 1.54) is 13.0 Å². The van der Waals surface area contributed by atoms with E-state index >= 15 is 0 Å². The average Bonchev–Trinajstić information content (AvgIpc) is 2.62. The molecule has 0 aromatic heterocycles. The van der Waals surface area contributed by atoms with Gasteiger partial charge in [-0.15, -0.1) is 0 Å². The number of allylic oxidation sites excluding steroid dienone is 1. The highest BCUT2D eigenvalue weighted by Crippen LogP contribution is 2.17. The van der Waals surface area contributed by atoms with Gasteiger partial charge in [-0.25, -0.2) is 4.79 Å². The number of benzene rings is 2. The summed E-state index contributed by atoms with van der Waals surface area (Å²) in [4.78, 5) is 23.3. The predicted octanol–water partition coefficient (Wildman–Crippen LogP) is 3.71. The van der Waals surface area contributed by atoms with E-state index < -0.39 is 18.0 Å². The lowest BCUT2D eigenvalue weighted by Crippen LogP contribution is -2.29. The Morgan fingerprint density at radius 2 is 1.76 bits per heavy atom. The highest BCUT2D eigenvalue weighted by molar-refractivity contribution is 5.95. The van der Waals surface area contributed by atoms with E-state index in [-0.39, 0.29) is 0 Å². The lowest BCUT2D eigenvalue weighted by molar-refractivity contribution is -0.148. The molecule has 0 aliphatic heterocycles. The van der Waals surface area contributed by atoms with Crippen molar-refractivity contribution in [1.82, 2.24) is 0 Å². The number of amides is 1.